The van der Waals surface area contributed by atoms with Gasteiger partial charge in [-0.15, -0.1) is 0 Å². The first-order chi connectivity index (χ1) is 9.38. The third-order valence-electron chi connectivity index (χ3n) is 2.46. The van der Waals surface area contributed by atoms with E-state index in [1.54, 1.807) is 12.1 Å². The maximum Gasteiger partial charge on any atom is 0.244 e. The van der Waals surface area contributed by atoms with Crippen molar-refractivity contribution in [3.63, 3.8) is 0 Å². The van der Waals surface area contributed by atoms with E-state index in [9.17, 15) is 4.79 Å². The molecule has 0 unspecified atom stereocenters. The summed E-state index contributed by atoms with van der Waals surface area (Å²) >= 11 is 0. The van der Waals surface area contributed by atoms with Crippen LogP contribution in [0.15, 0.2) is 24.3 Å². The van der Waals surface area contributed by atoms with Gasteiger partial charge < -0.3 is 15.8 Å². The molecule has 0 aliphatic carbocycles. The molecule has 0 spiro atoms. The van der Waals surface area contributed by atoms with Crippen molar-refractivity contribution in [2.24, 2.45) is 5.92 Å². The van der Waals surface area contributed by atoms with Gasteiger partial charge in [-0.2, -0.15) is 0 Å². The van der Waals surface area contributed by atoms with Crippen LogP contribution in [-0.2, 0) is 4.79 Å². The van der Waals surface area contributed by atoms with Gasteiger partial charge in [-0.3, -0.25) is 4.79 Å². The number of carbonyl (C=O) groups is 1. The molecule has 4 nitrogen and oxygen atoms in total. The van der Waals surface area contributed by atoms with Crippen LogP contribution < -0.4 is 15.8 Å². The first kappa shape index (κ1) is 16.1. The number of anilines is 1. The summed E-state index contributed by atoms with van der Waals surface area (Å²) in [6, 6.07) is 5.64. The normalized spacial score (nSPS) is 11.3. The molecule has 0 aliphatic rings. The van der Waals surface area contributed by atoms with Crippen LogP contribution in [0.2, 0.25) is 0 Å². The summed E-state index contributed by atoms with van der Waals surface area (Å²) in [6.45, 7) is 8.65. The molecule has 0 aromatic heterocycles. The molecular weight excluding hydrogens is 252 g/mol. The second-order valence-electron chi connectivity index (χ2n) is 5.50. The number of amides is 1. The number of nitrogens with two attached hydrogens (primary N) is 1. The van der Waals surface area contributed by atoms with Crippen LogP contribution in [0.3, 0.4) is 0 Å². The minimum absolute atomic E-state index is 0.112. The van der Waals surface area contributed by atoms with Crippen LogP contribution >= 0.6 is 0 Å². The Labute approximate surface area is 121 Å². The number of ether oxygens (including phenoxy) is 1. The molecule has 3 N–H and O–H groups in total. The summed E-state index contributed by atoms with van der Waals surface area (Å²) in [5.41, 5.74) is 7.39. The van der Waals surface area contributed by atoms with Gasteiger partial charge >= 0.3 is 0 Å². The van der Waals surface area contributed by atoms with Crippen molar-refractivity contribution in [3.05, 3.63) is 29.8 Å². The summed E-state index contributed by atoms with van der Waals surface area (Å²) in [6.07, 6.45) is 3.24. The van der Waals surface area contributed by atoms with Crippen LogP contribution in [0.25, 0.3) is 6.08 Å². The Morgan fingerprint density at radius 3 is 2.60 bits per heavy atom. The largest absolute Gasteiger partial charge is 0.491 e. The molecule has 0 radical (unpaired) electrons. The second-order valence-corrected chi connectivity index (χ2v) is 5.50. The molecule has 0 saturated heterocycles. The Bertz CT molecular complexity index is 479. The smallest absolute Gasteiger partial charge is 0.244 e. The van der Waals surface area contributed by atoms with Crippen molar-refractivity contribution in [3.8, 4) is 5.75 Å². The van der Waals surface area contributed by atoms with Crippen molar-refractivity contribution in [1.29, 1.82) is 0 Å². The van der Waals surface area contributed by atoms with Crippen LogP contribution in [0.4, 0.5) is 5.69 Å². The minimum atomic E-state index is -0.112. The summed E-state index contributed by atoms with van der Waals surface area (Å²) in [5.74, 6) is 1.02. The molecule has 0 heterocycles. The Morgan fingerprint density at radius 1 is 1.35 bits per heavy atom. The molecule has 0 atom stereocenters. The SMILES string of the molecule is CC(C)COc1ccc(/C=C\C(=O)NC(C)C)cc1N. The first-order valence-electron chi connectivity index (χ1n) is 6.89. The zero-order valence-corrected chi connectivity index (χ0v) is 12.6. The molecule has 4 heteroatoms. The molecule has 1 aromatic rings. The van der Waals surface area contributed by atoms with Gasteiger partial charge in [-0.05, 0) is 43.5 Å². The van der Waals surface area contributed by atoms with Gasteiger partial charge in [0.15, 0.2) is 0 Å². The summed E-state index contributed by atoms with van der Waals surface area (Å²) in [4.78, 5) is 11.5. The van der Waals surface area contributed by atoms with Crippen molar-refractivity contribution in [2.45, 2.75) is 33.7 Å². The highest BCUT2D eigenvalue weighted by atomic mass is 16.5. The van der Waals surface area contributed by atoms with Crippen LogP contribution in [0.1, 0.15) is 33.3 Å². The van der Waals surface area contributed by atoms with Gasteiger partial charge in [-0.1, -0.05) is 19.9 Å². The Morgan fingerprint density at radius 2 is 2.05 bits per heavy atom. The second kappa shape index (κ2) is 7.58. The number of hydrogen-bond acceptors (Lipinski definition) is 3. The van der Waals surface area contributed by atoms with Gasteiger partial charge in [0.25, 0.3) is 0 Å². The molecule has 0 fully saturated rings. The van der Waals surface area contributed by atoms with Gasteiger partial charge in [-0.25, -0.2) is 0 Å². The predicted octanol–water partition coefficient (Wildman–Crippen LogP) is 2.84. The lowest BCUT2D eigenvalue weighted by atomic mass is 10.1. The fourth-order valence-electron chi connectivity index (χ4n) is 1.56. The van der Waals surface area contributed by atoms with Crippen LogP contribution in [0.5, 0.6) is 5.75 Å². The van der Waals surface area contributed by atoms with Crippen LogP contribution in [-0.4, -0.2) is 18.6 Å². The molecule has 1 aromatic carbocycles. The Balaban J connectivity index is 2.67. The number of benzene rings is 1. The average Bonchev–Trinajstić information content (AvgIpc) is 2.34. The van der Waals surface area contributed by atoms with Crippen molar-refractivity contribution in [2.75, 3.05) is 12.3 Å². The van der Waals surface area contributed by atoms with E-state index in [1.807, 2.05) is 26.0 Å². The van der Waals surface area contributed by atoms with Gasteiger partial charge in [0.2, 0.25) is 5.91 Å². The third-order valence-corrected chi connectivity index (χ3v) is 2.46. The maximum absolute atomic E-state index is 11.5. The number of nitrogens with one attached hydrogen (secondary N) is 1. The molecule has 0 bridgehead atoms. The van der Waals surface area contributed by atoms with E-state index in [0.717, 1.165) is 5.56 Å². The quantitative estimate of drug-likeness (QED) is 0.620. The first-order valence-corrected chi connectivity index (χ1v) is 6.89. The standard InChI is InChI=1S/C16H24N2O2/c1-11(2)10-20-15-7-5-13(9-14(15)17)6-8-16(19)18-12(3)4/h5-9,11-12H,10,17H2,1-4H3,(H,18,19)/b8-6-. The molecule has 0 saturated carbocycles. The van der Waals surface area contributed by atoms with Gasteiger partial charge in [0.05, 0.1) is 12.3 Å². The average molecular weight is 276 g/mol. The van der Waals surface area contributed by atoms with E-state index in [4.69, 9.17) is 10.5 Å². The van der Waals surface area contributed by atoms with Crippen molar-refractivity contribution < 1.29 is 9.53 Å². The third kappa shape index (κ3) is 5.78. The highest BCUT2D eigenvalue weighted by molar-refractivity contribution is 5.92. The van der Waals surface area contributed by atoms with E-state index in [0.29, 0.717) is 24.0 Å². The lowest BCUT2D eigenvalue weighted by molar-refractivity contribution is -0.116. The summed E-state index contributed by atoms with van der Waals surface area (Å²) in [7, 11) is 0. The molecular formula is C16H24N2O2. The highest BCUT2D eigenvalue weighted by Gasteiger charge is 2.03. The molecule has 1 rings (SSSR count). The molecule has 0 aliphatic heterocycles. The maximum atomic E-state index is 11.5. The van der Waals surface area contributed by atoms with Gasteiger partial charge in [0, 0.05) is 12.1 Å². The predicted molar refractivity (Wildman–Crippen MR) is 83.5 cm³/mol. The van der Waals surface area contributed by atoms with Gasteiger partial charge in [0.1, 0.15) is 5.75 Å². The molecule has 20 heavy (non-hydrogen) atoms. The van der Waals surface area contributed by atoms with E-state index >= 15 is 0 Å². The Hall–Kier alpha value is -1.97. The van der Waals surface area contributed by atoms with Crippen molar-refractivity contribution in [1.82, 2.24) is 5.32 Å². The molecule has 1 amide bonds. The van der Waals surface area contributed by atoms with E-state index in [2.05, 4.69) is 19.2 Å². The number of nitrogen functional groups attached to an aromatic ring is 1. The lowest BCUT2D eigenvalue weighted by Gasteiger charge is -2.11. The topological polar surface area (TPSA) is 64.3 Å². The fraction of sp³-hybridized carbons (Fsp3) is 0.438. The minimum Gasteiger partial charge on any atom is -0.491 e. The van der Waals surface area contributed by atoms with E-state index < -0.39 is 0 Å². The zero-order chi connectivity index (χ0) is 15.1. The lowest BCUT2D eigenvalue weighted by Crippen LogP contribution is -2.28. The number of hydrogen-bond donors (Lipinski definition) is 2. The number of rotatable bonds is 6. The van der Waals surface area contributed by atoms with E-state index in [-0.39, 0.29) is 11.9 Å². The molecule has 110 valence electrons. The summed E-state index contributed by atoms with van der Waals surface area (Å²) in [5, 5.41) is 2.79. The zero-order valence-electron chi connectivity index (χ0n) is 12.6. The van der Waals surface area contributed by atoms with Crippen LogP contribution in [0, 0.1) is 5.92 Å². The Kier molecular flexibility index (Phi) is 6.10. The number of carbonyl (C=O) groups excluding carboxylic acids is 1. The monoisotopic (exact) mass is 276 g/mol. The fourth-order valence-corrected chi connectivity index (χ4v) is 1.56. The van der Waals surface area contributed by atoms with E-state index in [1.165, 1.54) is 6.08 Å². The van der Waals surface area contributed by atoms with Crippen molar-refractivity contribution >= 4 is 17.7 Å². The summed E-state index contributed by atoms with van der Waals surface area (Å²) < 4.78 is 5.60. The highest BCUT2D eigenvalue weighted by Crippen LogP contribution is 2.23.